The zero-order valence-corrected chi connectivity index (χ0v) is 11.4. The SMILES string of the molecule is CCC.CNC(=O)Cc1csc2ccccc12. The fourth-order valence-electron chi connectivity index (χ4n) is 1.43. The molecule has 0 aliphatic heterocycles. The first-order valence-electron chi connectivity index (χ1n) is 5.88. The molecule has 1 amide bonds. The highest BCUT2D eigenvalue weighted by molar-refractivity contribution is 7.17. The standard InChI is InChI=1S/C11H11NOS.C3H8/c1-12-11(13)6-8-7-14-10-5-3-2-4-9(8)10;1-3-2/h2-5,7H,6H2,1H3,(H,12,13);3H2,1-2H3. The van der Waals surface area contributed by atoms with E-state index in [1.165, 1.54) is 16.5 Å². The summed E-state index contributed by atoms with van der Waals surface area (Å²) < 4.78 is 1.24. The van der Waals surface area contributed by atoms with E-state index in [-0.39, 0.29) is 5.91 Å². The van der Waals surface area contributed by atoms with E-state index in [2.05, 4.69) is 36.7 Å². The van der Waals surface area contributed by atoms with Gasteiger partial charge in [-0.05, 0) is 22.4 Å². The van der Waals surface area contributed by atoms with Crippen LogP contribution < -0.4 is 5.32 Å². The van der Waals surface area contributed by atoms with Crippen molar-refractivity contribution < 1.29 is 4.79 Å². The molecule has 0 fully saturated rings. The van der Waals surface area contributed by atoms with E-state index in [1.54, 1.807) is 18.4 Å². The first-order chi connectivity index (χ1) is 8.22. The number of nitrogens with one attached hydrogen (secondary N) is 1. The summed E-state index contributed by atoms with van der Waals surface area (Å²) in [6.45, 7) is 4.25. The fourth-order valence-corrected chi connectivity index (χ4v) is 2.39. The predicted molar refractivity (Wildman–Crippen MR) is 75.6 cm³/mol. The van der Waals surface area contributed by atoms with Crippen LogP contribution in [0.4, 0.5) is 0 Å². The number of benzene rings is 1. The van der Waals surface area contributed by atoms with Gasteiger partial charge in [-0.3, -0.25) is 4.79 Å². The van der Waals surface area contributed by atoms with E-state index < -0.39 is 0 Å². The minimum absolute atomic E-state index is 0.0635. The quantitative estimate of drug-likeness (QED) is 0.865. The third-order valence-electron chi connectivity index (χ3n) is 2.19. The molecule has 1 aromatic heterocycles. The molecule has 0 saturated carbocycles. The molecule has 0 saturated heterocycles. The smallest absolute Gasteiger partial charge is 0.224 e. The zero-order valence-electron chi connectivity index (χ0n) is 10.6. The minimum Gasteiger partial charge on any atom is -0.359 e. The highest BCUT2D eigenvalue weighted by atomic mass is 32.1. The number of hydrogen-bond donors (Lipinski definition) is 1. The summed E-state index contributed by atoms with van der Waals surface area (Å²) in [4.78, 5) is 11.2. The summed E-state index contributed by atoms with van der Waals surface area (Å²) in [5.74, 6) is 0.0635. The van der Waals surface area contributed by atoms with Gasteiger partial charge >= 0.3 is 0 Å². The van der Waals surface area contributed by atoms with Gasteiger partial charge in [0.25, 0.3) is 0 Å². The van der Waals surface area contributed by atoms with Gasteiger partial charge in [0.15, 0.2) is 0 Å². The summed E-state index contributed by atoms with van der Waals surface area (Å²) in [7, 11) is 1.66. The summed E-state index contributed by atoms with van der Waals surface area (Å²) in [6.07, 6.45) is 1.72. The van der Waals surface area contributed by atoms with Crippen molar-refractivity contribution in [3.63, 3.8) is 0 Å². The first-order valence-corrected chi connectivity index (χ1v) is 6.76. The van der Waals surface area contributed by atoms with Crippen molar-refractivity contribution in [1.82, 2.24) is 5.32 Å². The van der Waals surface area contributed by atoms with Crippen LogP contribution in [0.1, 0.15) is 25.8 Å². The summed E-state index contributed by atoms with van der Waals surface area (Å²) in [5, 5.41) is 5.88. The van der Waals surface area contributed by atoms with Gasteiger partial charge in [-0.2, -0.15) is 0 Å². The van der Waals surface area contributed by atoms with E-state index in [0.29, 0.717) is 6.42 Å². The van der Waals surface area contributed by atoms with Crippen molar-refractivity contribution in [1.29, 1.82) is 0 Å². The van der Waals surface area contributed by atoms with Gasteiger partial charge in [0, 0.05) is 11.7 Å². The van der Waals surface area contributed by atoms with Crippen LogP contribution in [0, 0.1) is 0 Å². The lowest BCUT2D eigenvalue weighted by Crippen LogP contribution is -2.19. The van der Waals surface area contributed by atoms with Gasteiger partial charge in [0.2, 0.25) is 5.91 Å². The molecule has 92 valence electrons. The Balaban J connectivity index is 0.000000437. The Kier molecular flexibility index (Phi) is 5.70. The lowest BCUT2D eigenvalue weighted by molar-refractivity contribution is -0.119. The van der Waals surface area contributed by atoms with Crippen LogP contribution in [0.2, 0.25) is 0 Å². The number of thiophene rings is 1. The Morgan fingerprint density at radius 1 is 1.29 bits per heavy atom. The number of carbonyl (C=O) groups excluding carboxylic acids is 1. The Labute approximate surface area is 107 Å². The van der Waals surface area contributed by atoms with Crippen LogP contribution in [0.25, 0.3) is 10.1 Å². The molecule has 3 heteroatoms. The maximum absolute atomic E-state index is 11.2. The molecule has 0 aliphatic rings. The molecule has 1 aromatic carbocycles. The summed E-state index contributed by atoms with van der Waals surface area (Å²) in [6, 6.07) is 8.16. The molecular formula is C14H19NOS. The Hall–Kier alpha value is -1.35. The second kappa shape index (κ2) is 7.07. The van der Waals surface area contributed by atoms with Crippen LogP contribution in [0.15, 0.2) is 29.6 Å². The number of rotatable bonds is 2. The number of fused-ring (bicyclic) bond motifs is 1. The van der Waals surface area contributed by atoms with E-state index in [4.69, 9.17) is 0 Å². The fraction of sp³-hybridized carbons (Fsp3) is 0.357. The molecule has 0 aliphatic carbocycles. The van der Waals surface area contributed by atoms with Crippen LogP contribution >= 0.6 is 11.3 Å². The molecule has 2 rings (SSSR count). The molecule has 0 bridgehead atoms. The lowest BCUT2D eigenvalue weighted by atomic mass is 10.1. The minimum atomic E-state index is 0.0635. The van der Waals surface area contributed by atoms with E-state index >= 15 is 0 Å². The lowest BCUT2D eigenvalue weighted by Gasteiger charge is -1.97. The third-order valence-corrected chi connectivity index (χ3v) is 3.20. The maximum Gasteiger partial charge on any atom is 0.224 e. The van der Waals surface area contributed by atoms with Crippen molar-refractivity contribution in [3.8, 4) is 0 Å². The predicted octanol–water partition coefficient (Wildman–Crippen LogP) is 3.61. The average molecular weight is 249 g/mol. The number of carbonyl (C=O) groups is 1. The monoisotopic (exact) mass is 249 g/mol. The highest BCUT2D eigenvalue weighted by Crippen LogP contribution is 2.25. The molecule has 0 radical (unpaired) electrons. The molecule has 2 nitrogen and oxygen atoms in total. The molecule has 17 heavy (non-hydrogen) atoms. The van der Waals surface area contributed by atoms with Crippen LogP contribution in [0.5, 0.6) is 0 Å². The number of hydrogen-bond acceptors (Lipinski definition) is 2. The molecule has 0 atom stereocenters. The third kappa shape index (κ3) is 3.86. The van der Waals surface area contributed by atoms with E-state index in [1.807, 2.05) is 12.1 Å². The molecular weight excluding hydrogens is 230 g/mol. The molecule has 1 N–H and O–H groups in total. The topological polar surface area (TPSA) is 29.1 Å². The number of likely N-dealkylation sites (N-methyl/N-ethyl adjacent to an activating group) is 1. The van der Waals surface area contributed by atoms with Crippen molar-refractivity contribution in [2.75, 3.05) is 7.05 Å². The van der Waals surface area contributed by atoms with Gasteiger partial charge in [-0.15, -0.1) is 11.3 Å². The van der Waals surface area contributed by atoms with Crippen molar-refractivity contribution >= 4 is 27.3 Å². The van der Waals surface area contributed by atoms with Crippen molar-refractivity contribution in [3.05, 3.63) is 35.2 Å². The molecule has 2 aromatic rings. The summed E-state index contributed by atoms with van der Waals surface area (Å²) in [5.41, 5.74) is 1.12. The second-order valence-corrected chi connectivity index (χ2v) is 4.73. The van der Waals surface area contributed by atoms with Crippen LogP contribution in [-0.4, -0.2) is 13.0 Å². The first kappa shape index (κ1) is 13.7. The van der Waals surface area contributed by atoms with Crippen molar-refractivity contribution in [2.24, 2.45) is 0 Å². The van der Waals surface area contributed by atoms with Crippen LogP contribution in [-0.2, 0) is 11.2 Å². The molecule has 0 spiro atoms. The van der Waals surface area contributed by atoms with Gasteiger partial charge in [0.1, 0.15) is 0 Å². The zero-order chi connectivity index (χ0) is 12.7. The van der Waals surface area contributed by atoms with E-state index in [9.17, 15) is 4.79 Å². The van der Waals surface area contributed by atoms with Gasteiger partial charge in [-0.25, -0.2) is 0 Å². The highest BCUT2D eigenvalue weighted by Gasteiger charge is 2.06. The van der Waals surface area contributed by atoms with Gasteiger partial charge in [-0.1, -0.05) is 38.5 Å². The Morgan fingerprint density at radius 2 is 1.94 bits per heavy atom. The van der Waals surface area contributed by atoms with E-state index in [0.717, 1.165) is 5.56 Å². The maximum atomic E-state index is 11.2. The summed E-state index contributed by atoms with van der Waals surface area (Å²) >= 11 is 1.69. The Morgan fingerprint density at radius 3 is 2.59 bits per heavy atom. The van der Waals surface area contributed by atoms with Crippen LogP contribution in [0.3, 0.4) is 0 Å². The number of amides is 1. The van der Waals surface area contributed by atoms with Gasteiger partial charge < -0.3 is 5.32 Å². The second-order valence-electron chi connectivity index (χ2n) is 3.81. The largest absolute Gasteiger partial charge is 0.359 e. The van der Waals surface area contributed by atoms with Crippen molar-refractivity contribution in [2.45, 2.75) is 26.7 Å². The molecule has 1 heterocycles. The van der Waals surface area contributed by atoms with Gasteiger partial charge in [0.05, 0.1) is 6.42 Å². The Bertz CT molecular complexity index is 476. The average Bonchev–Trinajstić information content (AvgIpc) is 2.74. The molecule has 0 unspecified atom stereocenters. The normalized spacial score (nSPS) is 9.59.